The summed E-state index contributed by atoms with van der Waals surface area (Å²) in [5.41, 5.74) is 4.34. The molecule has 1 amide bonds. The van der Waals surface area contributed by atoms with Gasteiger partial charge in [-0.25, -0.2) is 5.43 Å². The number of aromatic nitrogens is 2. The number of para-hydroxylation sites is 1. The minimum Gasteiger partial charge on any atom is -0.493 e. The summed E-state index contributed by atoms with van der Waals surface area (Å²) in [5, 5.41) is 12.9. The van der Waals surface area contributed by atoms with Crippen LogP contribution in [0.25, 0.3) is 11.3 Å². The number of carbonyl (C=O) groups is 1. The average molecular weight is 368 g/mol. The molecule has 2 aromatic heterocycles. The lowest BCUT2D eigenvalue weighted by molar-refractivity contribution is 0.0950. The second kappa shape index (κ2) is 8.96. The fourth-order valence-corrected chi connectivity index (χ4v) is 2.87. The second-order valence-corrected chi connectivity index (χ2v) is 6.56. The van der Waals surface area contributed by atoms with E-state index in [2.05, 4.69) is 27.6 Å². The third-order valence-corrected chi connectivity index (χ3v) is 4.45. The Bertz CT molecular complexity index is 871. The maximum absolute atomic E-state index is 12.2. The summed E-state index contributed by atoms with van der Waals surface area (Å²) in [6.07, 6.45) is 3.67. The van der Waals surface area contributed by atoms with Crippen LogP contribution in [0, 0.1) is 0 Å². The van der Waals surface area contributed by atoms with Crippen LogP contribution in [0.2, 0.25) is 0 Å². The van der Waals surface area contributed by atoms with Crippen LogP contribution in [0.1, 0.15) is 35.1 Å². The van der Waals surface area contributed by atoms with Gasteiger partial charge in [0, 0.05) is 10.4 Å². The van der Waals surface area contributed by atoms with E-state index < -0.39 is 0 Å². The van der Waals surface area contributed by atoms with Gasteiger partial charge in [-0.15, -0.1) is 11.3 Å². The van der Waals surface area contributed by atoms with Gasteiger partial charge in [0.2, 0.25) is 0 Å². The van der Waals surface area contributed by atoms with Crippen LogP contribution < -0.4 is 10.2 Å². The molecule has 134 valence electrons. The van der Waals surface area contributed by atoms with Crippen molar-refractivity contribution in [2.24, 2.45) is 5.10 Å². The van der Waals surface area contributed by atoms with Crippen molar-refractivity contribution >= 4 is 23.5 Å². The molecular formula is C19H20N4O2S. The Kier molecular flexibility index (Phi) is 6.16. The second-order valence-electron chi connectivity index (χ2n) is 5.58. The lowest BCUT2D eigenvalue weighted by Crippen LogP contribution is -2.17. The lowest BCUT2D eigenvalue weighted by atomic mass is 10.1. The van der Waals surface area contributed by atoms with E-state index in [1.807, 2.05) is 41.8 Å². The van der Waals surface area contributed by atoms with Gasteiger partial charge in [0.05, 0.1) is 18.5 Å². The monoisotopic (exact) mass is 368 g/mol. The molecule has 1 aromatic carbocycles. The fraction of sp³-hybridized carbons (Fsp3) is 0.211. The normalized spacial score (nSPS) is 11.0. The van der Waals surface area contributed by atoms with Gasteiger partial charge in [-0.3, -0.25) is 9.89 Å². The molecule has 0 spiro atoms. The molecule has 2 heterocycles. The summed E-state index contributed by atoms with van der Waals surface area (Å²) < 4.78 is 5.83. The first-order chi connectivity index (χ1) is 12.8. The fourth-order valence-electron chi connectivity index (χ4n) is 2.29. The van der Waals surface area contributed by atoms with Crippen LogP contribution in [0.5, 0.6) is 5.75 Å². The molecule has 0 aliphatic heterocycles. The quantitative estimate of drug-likeness (QED) is 0.357. The minimum absolute atomic E-state index is 0.340. The molecule has 3 rings (SSSR count). The molecule has 0 atom stereocenters. The van der Waals surface area contributed by atoms with Gasteiger partial charge in [-0.1, -0.05) is 31.5 Å². The molecule has 0 saturated carbocycles. The van der Waals surface area contributed by atoms with Crippen molar-refractivity contribution in [1.29, 1.82) is 0 Å². The van der Waals surface area contributed by atoms with Crippen LogP contribution in [-0.2, 0) is 0 Å². The van der Waals surface area contributed by atoms with E-state index in [0.717, 1.165) is 29.0 Å². The smallest absolute Gasteiger partial charge is 0.289 e. The van der Waals surface area contributed by atoms with Crippen molar-refractivity contribution < 1.29 is 9.53 Å². The van der Waals surface area contributed by atoms with Crippen molar-refractivity contribution in [2.45, 2.75) is 19.8 Å². The van der Waals surface area contributed by atoms with Crippen LogP contribution in [0.15, 0.2) is 52.9 Å². The van der Waals surface area contributed by atoms with E-state index in [9.17, 15) is 4.79 Å². The summed E-state index contributed by atoms with van der Waals surface area (Å²) >= 11 is 1.55. The summed E-state index contributed by atoms with van der Waals surface area (Å²) in [6.45, 7) is 2.78. The topological polar surface area (TPSA) is 79.4 Å². The number of amides is 1. The summed E-state index contributed by atoms with van der Waals surface area (Å²) in [4.78, 5) is 13.2. The van der Waals surface area contributed by atoms with Gasteiger partial charge in [0.15, 0.2) is 0 Å². The highest BCUT2D eigenvalue weighted by Crippen LogP contribution is 2.28. The van der Waals surface area contributed by atoms with Gasteiger partial charge in [0.1, 0.15) is 11.4 Å². The zero-order valence-electron chi connectivity index (χ0n) is 14.4. The summed E-state index contributed by atoms with van der Waals surface area (Å²) in [5.74, 6) is 0.413. The Hall–Kier alpha value is -2.93. The molecule has 3 aromatic rings. The van der Waals surface area contributed by atoms with Gasteiger partial charge in [-0.2, -0.15) is 10.2 Å². The predicted octanol–water partition coefficient (Wildman–Crippen LogP) is 4.08. The van der Waals surface area contributed by atoms with E-state index in [4.69, 9.17) is 4.74 Å². The van der Waals surface area contributed by atoms with Crippen molar-refractivity contribution in [1.82, 2.24) is 15.6 Å². The van der Waals surface area contributed by atoms with Crippen LogP contribution in [0.3, 0.4) is 0 Å². The largest absolute Gasteiger partial charge is 0.493 e. The Morgan fingerprint density at radius 1 is 1.35 bits per heavy atom. The van der Waals surface area contributed by atoms with Crippen LogP contribution in [0.4, 0.5) is 0 Å². The highest BCUT2D eigenvalue weighted by molar-refractivity contribution is 7.11. The number of hydrogen-bond acceptors (Lipinski definition) is 5. The molecule has 0 saturated heterocycles. The molecule has 26 heavy (non-hydrogen) atoms. The van der Waals surface area contributed by atoms with Gasteiger partial charge >= 0.3 is 0 Å². The maximum Gasteiger partial charge on any atom is 0.289 e. The number of benzene rings is 1. The van der Waals surface area contributed by atoms with Crippen molar-refractivity contribution in [3.8, 4) is 17.0 Å². The van der Waals surface area contributed by atoms with E-state index in [-0.39, 0.29) is 5.91 Å². The number of H-pyrrole nitrogens is 1. The summed E-state index contributed by atoms with van der Waals surface area (Å²) in [6, 6.07) is 13.2. The Morgan fingerprint density at radius 2 is 2.23 bits per heavy atom. The maximum atomic E-state index is 12.2. The Morgan fingerprint density at radius 3 is 3.04 bits per heavy atom. The number of hydrogen-bond donors (Lipinski definition) is 2. The number of nitrogens with zero attached hydrogens (tertiary/aromatic N) is 2. The molecule has 0 bridgehead atoms. The SMILES string of the molecule is CCCCOc1ccccc1-c1cc(C(=O)N/N=C/c2cccs2)[nH]n1. The third kappa shape index (κ3) is 4.58. The number of ether oxygens (including phenoxy) is 1. The lowest BCUT2D eigenvalue weighted by Gasteiger charge is -2.09. The molecule has 7 heteroatoms. The molecule has 0 aliphatic rings. The number of unbranched alkanes of at least 4 members (excludes halogenated alkanes) is 1. The standard InChI is InChI=1S/C19H20N4O2S/c1-2-3-10-25-18-9-5-4-8-15(18)16-12-17(22-21-16)19(24)23-20-13-14-7-6-11-26-14/h4-9,11-13H,2-3,10H2,1H3,(H,21,22)(H,23,24)/b20-13+. The number of hydrazone groups is 1. The van der Waals surface area contributed by atoms with Crippen molar-refractivity contribution in [3.63, 3.8) is 0 Å². The molecule has 6 nitrogen and oxygen atoms in total. The predicted molar refractivity (Wildman–Crippen MR) is 104 cm³/mol. The highest BCUT2D eigenvalue weighted by atomic mass is 32.1. The van der Waals surface area contributed by atoms with Crippen LogP contribution >= 0.6 is 11.3 Å². The molecular weight excluding hydrogens is 348 g/mol. The number of aromatic amines is 1. The number of rotatable bonds is 8. The number of carbonyl (C=O) groups excluding carboxylic acids is 1. The molecule has 0 aliphatic carbocycles. The van der Waals surface area contributed by atoms with Crippen LogP contribution in [-0.4, -0.2) is 28.9 Å². The van der Waals surface area contributed by atoms with Crippen molar-refractivity contribution in [2.75, 3.05) is 6.61 Å². The van der Waals surface area contributed by atoms with Gasteiger partial charge < -0.3 is 4.74 Å². The van der Waals surface area contributed by atoms with Gasteiger partial charge in [-0.05, 0) is 36.1 Å². The van der Waals surface area contributed by atoms with Crippen molar-refractivity contribution in [3.05, 3.63) is 58.4 Å². The van der Waals surface area contributed by atoms with E-state index >= 15 is 0 Å². The number of nitrogens with one attached hydrogen (secondary N) is 2. The first kappa shape index (κ1) is 17.9. The molecule has 0 fully saturated rings. The third-order valence-electron chi connectivity index (χ3n) is 3.64. The zero-order chi connectivity index (χ0) is 18.2. The molecule has 0 radical (unpaired) electrons. The Labute approximate surface area is 155 Å². The first-order valence-corrected chi connectivity index (χ1v) is 9.30. The Balaban J connectivity index is 1.68. The first-order valence-electron chi connectivity index (χ1n) is 8.42. The van der Waals surface area contributed by atoms with E-state index in [1.54, 1.807) is 23.6 Å². The highest BCUT2D eigenvalue weighted by Gasteiger charge is 2.13. The number of thiophene rings is 1. The van der Waals surface area contributed by atoms with E-state index in [1.165, 1.54) is 0 Å². The minimum atomic E-state index is -0.346. The van der Waals surface area contributed by atoms with E-state index in [0.29, 0.717) is 18.0 Å². The molecule has 0 unspecified atom stereocenters. The average Bonchev–Trinajstić information content (AvgIpc) is 3.34. The van der Waals surface area contributed by atoms with Gasteiger partial charge in [0.25, 0.3) is 5.91 Å². The zero-order valence-corrected chi connectivity index (χ0v) is 15.3. The summed E-state index contributed by atoms with van der Waals surface area (Å²) in [7, 11) is 0. The molecule has 2 N–H and O–H groups in total.